The molecule has 0 saturated carbocycles. The Hall–Kier alpha value is -2.89. The van der Waals surface area contributed by atoms with E-state index in [0.717, 1.165) is 25.1 Å². The Morgan fingerprint density at radius 2 is 2.00 bits per heavy atom. The lowest BCUT2D eigenvalue weighted by Crippen LogP contribution is -2.16. The van der Waals surface area contributed by atoms with Gasteiger partial charge in [-0.15, -0.1) is 0 Å². The number of benzene rings is 2. The van der Waals surface area contributed by atoms with Crippen molar-refractivity contribution in [3.8, 4) is 0 Å². The maximum absolute atomic E-state index is 11.0. The molecule has 1 aliphatic rings. The maximum Gasteiger partial charge on any atom is 0.267 e. The van der Waals surface area contributed by atoms with E-state index in [1.54, 1.807) is 11.6 Å². The van der Waals surface area contributed by atoms with Crippen LogP contribution in [-0.4, -0.2) is 22.6 Å². The minimum atomic E-state index is -0.533. The number of hydrogen-bond donors (Lipinski definition) is 4. The minimum absolute atomic E-state index is 0.533. The summed E-state index contributed by atoms with van der Waals surface area (Å²) in [6.45, 7) is 1.74. The number of nitrogens with one attached hydrogen (secondary N) is 3. The first-order chi connectivity index (χ1) is 13.7. The lowest BCUT2D eigenvalue weighted by Gasteiger charge is -2.08. The zero-order valence-corrected chi connectivity index (χ0v) is 15.8. The fraction of sp³-hybridized carbons (Fsp3) is 0.261. The molecule has 3 aromatic rings. The number of H-pyrrole nitrogens is 1. The van der Waals surface area contributed by atoms with Crippen LogP contribution in [0, 0.1) is 0 Å². The summed E-state index contributed by atoms with van der Waals surface area (Å²) in [6.07, 6.45) is 7.61. The van der Waals surface area contributed by atoms with Crippen LogP contribution in [0.1, 0.15) is 34.4 Å². The van der Waals surface area contributed by atoms with E-state index in [0.29, 0.717) is 0 Å². The fourth-order valence-corrected chi connectivity index (χ4v) is 4.00. The lowest BCUT2D eigenvalue weighted by molar-refractivity contribution is -0.124. The molecule has 1 amide bonds. The van der Waals surface area contributed by atoms with Crippen LogP contribution < -0.4 is 10.8 Å². The Morgan fingerprint density at radius 3 is 2.82 bits per heavy atom. The smallest absolute Gasteiger partial charge is 0.267 e. The van der Waals surface area contributed by atoms with Gasteiger partial charge in [-0.25, -0.2) is 5.48 Å². The number of aromatic amines is 1. The van der Waals surface area contributed by atoms with Crippen LogP contribution in [0.4, 0.5) is 0 Å². The molecule has 0 atom stereocenters. The van der Waals surface area contributed by atoms with Gasteiger partial charge in [0.05, 0.1) is 0 Å². The highest BCUT2D eigenvalue weighted by atomic mass is 16.5. The summed E-state index contributed by atoms with van der Waals surface area (Å²) in [7, 11) is 0. The van der Waals surface area contributed by atoms with Gasteiger partial charge in [0.15, 0.2) is 0 Å². The van der Waals surface area contributed by atoms with E-state index in [1.165, 1.54) is 58.6 Å². The molecule has 0 saturated heterocycles. The number of hydrogen-bond acceptors (Lipinski definition) is 3. The molecule has 5 heteroatoms. The zero-order chi connectivity index (χ0) is 19.3. The molecule has 1 aromatic heterocycles. The summed E-state index contributed by atoms with van der Waals surface area (Å²) >= 11 is 0. The molecule has 5 nitrogen and oxygen atoms in total. The molecule has 4 N–H and O–H groups in total. The molecule has 4 rings (SSSR count). The Morgan fingerprint density at radius 1 is 1.14 bits per heavy atom. The molecular weight excluding hydrogens is 350 g/mol. The number of aromatic nitrogens is 1. The van der Waals surface area contributed by atoms with Crippen LogP contribution >= 0.6 is 0 Å². The largest absolute Gasteiger partial charge is 0.358 e. The maximum atomic E-state index is 11.0. The van der Waals surface area contributed by atoms with Crippen molar-refractivity contribution < 1.29 is 10.0 Å². The molecule has 1 aliphatic carbocycles. The standard InChI is InChI=1S/C23H25N3O2/c27-22(26-28)12-11-16-7-9-17(10-8-16)15-24-14-13-18-3-1-6-21-23(18)19-4-2-5-20(19)25-21/h1,3,6-12,24-25,28H,2,4-5,13-15H2,(H,26,27)/b12-11+. The van der Waals surface area contributed by atoms with Gasteiger partial charge in [-0.05, 0) is 66.6 Å². The molecule has 0 bridgehead atoms. The van der Waals surface area contributed by atoms with Gasteiger partial charge < -0.3 is 10.3 Å². The number of rotatable bonds is 7. The number of carbonyl (C=O) groups excluding carboxylic acids is 1. The third-order valence-corrected chi connectivity index (χ3v) is 5.37. The summed E-state index contributed by atoms with van der Waals surface area (Å²) in [6, 6.07) is 14.6. The van der Waals surface area contributed by atoms with Crippen molar-refractivity contribution in [3.63, 3.8) is 0 Å². The molecule has 2 aromatic carbocycles. The van der Waals surface area contributed by atoms with Crippen molar-refractivity contribution in [2.45, 2.75) is 32.2 Å². The first-order valence-electron chi connectivity index (χ1n) is 9.78. The van der Waals surface area contributed by atoms with Gasteiger partial charge in [0.25, 0.3) is 5.91 Å². The van der Waals surface area contributed by atoms with Gasteiger partial charge >= 0.3 is 0 Å². The molecule has 0 fully saturated rings. The third-order valence-electron chi connectivity index (χ3n) is 5.37. The van der Waals surface area contributed by atoms with Crippen molar-refractivity contribution in [3.05, 3.63) is 76.5 Å². The fourth-order valence-electron chi connectivity index (χ4n) is 4.00. The third kappa shape index (κ3) is 4.01. The summed E-state index contributed by atoms with van der Waals surface area (Å²) in [5.41, 5.74) is 9.36. The molecule has 1 heterocycles. The Bertz CT molecular complexity index is 1000. The van der Waals surface area contributed by atoms with Crippen molar-refractivity contribution in [2.24, 2.45) is 0 Å². The number of hydroxylamine groups is 1. The Labute approximate surface area is 164 Å². The minimum Gasteiger partial charge on any atom is -0.358 e. The topological polar surface area (TPSA) is 77.2 Å². The quantitative estimate of drug-likeness (QED) is 0.221. The van der Waals surface area contributed by atoms with E-state index < -0.39 is 5.91 Å². The van der Waals surface area contributed by atoms with E-state index in [2.05, 4.69) is 28.5 Å². The molecule has 0 unspecified atom stereocenters. The highest BCUT2D eigenvalue weighted by molar-refractivity contribution is 5.90. The molecule has 28 heavy (non-hydrogen) atoms. The van der Waals surface area contributed by atoms with Crippen molar-refractivity contribution in [2.75, 3.05) is 6.54 Å². The van der Waals surface area contributed by atoms with Crippen LogP contribution in [0.5, 0.6) is 0 Å². The second-order valence-electron chi connectivity index (χ2n) is 7.25. The number of carbonyl (C=O) groups is 1. The van der Waals surface area contributed by atoms with Gasteiger partial charge in [0.1, 0.15) is 0 Å². The van der Waals surface area contributed by atoms with Gasteiger partial charge in [0.2, 0.25) is 0 Å². The number of amides is 1. The van der Waals surface area contributed by atoms with Crippen LogP contribution in [0.3, 0.4) is 0 Å². The second kappa shape index (κ2) is 8.42. The van der Waals surface area contributed by atoms with Gasteiger partial charge in [-0.3, -0.25) is 10.0 Å². The van der Waals surface area contributed by atoms with Crippen molar-refractivity contribution in [1.82, 2.24) is 15.8 Å². The van der Waals surface area contributed by atoms with Crippen LogP contribution in [0.15, 0.2) is 48.5 Å². The molecule has 0 spiro atoms. The zero-order valence-electron chi connectivity index (χ0n) is 15.8. The van der Waals surface area contributed by atoms with Crippen LogP contribution in [0.25, 0.3) is 17.0 Å². The molecular formula is C23H25N3O2. The average Bonchev–Trinajstić information content (AvgIpc) is 3.31. The molecule has 0 aliphatic heterocycles. The van der Waals surface area contributed by atoms with Crippen molar-refractivity contribution in [1.29, 1.82) is 0 Å². The summed E-state index contributed by atoms with van der Waals surface area (Å²) in [4.78, 5) is 14.6. The Balaban J connectivity index is 1.32. The molecule has 144 valence electrons. The first-order valence-corrected chi connectivity index (χ1v) is 9.78. The van der Waals surface area contributed by atoms with E-state index in [4.69, 9.17) is 5.21 Å². The Kier molecular flexibility index (Phi) is 5.55. The number of fused-ring (bicyclic) bond motifs is 3. The van der Waals surface area contributed by atoms with E-state index in [9.17, 15) is 4.79 Å². The van der Waals surface area contributed by atoms with E-state index in [-0.39, 0.29) is 0 Å². The monoisotopic (exact) mass is 375 g/mol. The predicted molar refractivity (Wildman–Crippen MR) is 111 cm³/mol. The van der Waals surface area contributed by atoms with Crippen LogP contribution in [0.2, 0.25) is 0 Å². The van der Waals surface area contributed by atoms with Gasteiger partial charge in [-0.2, -0.15) is 0 Å². The van der Waals surface area contributed by atoms with Crippen LogP contribution in [-0.2, 0) is 30.6 Å². The second-order valence-corrected chi connectivity index (χ2v) is 7.25. The highest BCUT2D eigenvalue weighted by Crippen LogP contribution is 2.32. The highest BCUT2D eigenvalue weighted by Gasteiger charge is 2.18. The normalized spacial score (nSPS) is 13.3. The lowest BCUT2D eigenvalue weighted by atomic mass is 10.0. The number of aryl methyl sites for hydroxylation is 2. The first kappa shape index (κ1) is 18.5. The van der Waals surface area contributed by atoms with E-state index in [1.807, 2.05) is 24.3 Å². The molecule has 0 radical (unpaired) electrons. The van der Waals surface area contributed by atoms with Gasteiger partial charge in [-0.1, -0.05) is 36.4 Å². The SMILES string of the molecule is O=C(/C=C/c1ccc(CNCCc2cccc3[nH]c4c(c23)CCC4)cc1)NO. The summed E-state index contributed by atoms with van der Waals surface area (Å²) in [5, 5.41) is 13.5. The summed E-state index contributed by atoms with van der Waals surface area (Å²) < 4.78 is 0. The van der Waals surface area contributed by atoms with Gasteiger partial charge in [0, 0.05) is 29.2 Å². The average molecular weight is 375 g/mol. The van der Waals surface area contributed by atoms with Crippen molar-refractivity contribution >= 4 is 22.9 Å². The summed E-state index contributed by atoms with van der Waals surface area (Å²) in [5.74, 6) is -0.533. The predicted octanol–water partition coefficient (Wildman–Crippen LogP) is 3.51. The van der Waals surface area contributed by atoms with E-state index >= 15 is 0 Å².